The van der Waals surface area contributed by atoms with E-state index in [1.165, 1.54) is 0 Å². The van der Waals surface area contributed by atoms with Crippen LogP contribution in [0, 0.1) is 11.3 Å². The first-order valence-corrected chi connectivity index (χ1v) is 17.2. The number of ether oxygens (including phenoxy) is 2. The summed E-state index contributed by atoms with van der Waals surface area (Å²) in [4.78, 5) is 38.9. The van der Waals surface area contributed by atoms with Crippen molar-refractivity contribution in [2.75, 3.05) is 5.32 Å². The van der Waals surface area contributed by atoms with Crippen molar-refractivity contribution in [2.45, 2.75) is 84.9 Å². The van der Waals surface area contributed by atoms with Crippen LogP contribution in [0.2, 0.25) is 18.2 Å². The molecule has 1 fully saturated rings. The molecule has 2 aromatic heterocycles. The van der Waals surface area contributed by atoms with E-state index in [1.54, 1.807) is 51.4 Å². The number of carbonyl (C=O) groups is 2. The summed E-state index contributed by atoms with van der Waals surface area (Å²) in [6.07, 6.45) is 0.597. The molecular weight excluding hydrogens is 574 g/mol. The van der Waals surface area contributed by atoms with Crippen molar-refractivity contribution in [3.8, 4) is 0 Å². The number of hydrogen-bond acceptors (Lipinski definition) is 8. The van der Waals surface area contributed by atoms with Crippen molar-refractivity contribution in [2.24, 2.45) is 11.3 Å². The van der Waals surface area contributed by atoms with Gasteiger partial charge in [0.15, 0.2) is 19.8 Å². The maximum absolute atomic E-state index is 13.3. The van der Waals surface area contributed by atoms with Crippen molar-refractivity contribution in [3.63, 3.8) is 0 Å². The Labute approximate surface area is 253 Å². The van der Waals surface area contributed by atoms with Gasteiger partial charge in [0.1, 0.15) is 17.2 Å². The van der Waals surface area contributed by atoms with Gasteiger partial charge in [-0.05, 0) is 57.0 Å². The molecule has 1 unspecified atom stereocenters. The molecule has 4 atom stereocenters. The van der Waals surface area contributed by atoms with E-state index in [-0.39, 0.29) is 34.6 Å². The van der Waals surface area contributed by atoms with Gasteiger partial charge in [0.25, 0.3) is 0 Å². The number of anilines is 1. The standard InChI is InChI=1S/C30H40ClN5O5Si/c1-17-19(36-16-32-22-24(31)33-27(34-25(22)36)35-28(38)40-30(5,6)7)15-20(39-26(37)18-13-11-10-12-14-18)21(17)23(29(2,3)4)41-42(8)9/h10-14,16,19-21,23,42H,1,15H2,2-9H3,(H,33,34,35,38)/t19-,20-,21+,23?/m0/s1. The van der Waals surface area contributed by atoms with Gasteiger partial charge < -0.3 is 18.5 Å². The second-order valence-corrected chi connectivity index (χ2v) is 15.7. The number of fused-ring (bicyclic) bond motifs is 1. The van der Waals surface area contributed by atoms with E-state index in [0.29, 0.717) is 23.1 Å². The average Bonchev–Trinajstić information content (AvgIpc) is 3.42. The fraction of sp³-hybridized carbons (Fsp3) is 0.500. The Morgan fingerprint density at radius 1 is 1.12 bits per heavy atom. The number of hydrogen-bond donors (Lipinski definition) is 1. The summed E-state index contributed by atoms with van der Waals surface area (Å²) in [7, 11) is -1.49. The molecule has 10 nitrogen and oxygen atoms in total. The summed E-state index contributed by atoms with van der Waals surface area (Å²) in [5, 5.41) is 2.64. The Balaban J connectivity index is 1.73. The molecule has 1 saturated carbocycles. The van der Waals surface area contributed by atoms with E-state index in [4.69, 9.17) is 25.5 Å². The first-order chi connectivity index (χ1) is 19.5. The third-order valence-corrected chi connectivity index (χ3v) is 8.01. The first kappa shape index (κ1) is 31.6. The van der Waals surface area contributed by atoms with Crippen LogP contribution in [0.25, 0.3) is 11.2 Å². The quantitative estimate of drug-likeness (QED) is 0.137. The smallest absolute Gasteiger partial charge is 0.414 e. The summed E-state index contributed by atoms with van der Waals surface area (Å²) >= 11 is 6.47. The molecule has 4 rings (SSSR count). The lowest BCUT2D eigenvalue weighted by Gasteiger charge is -2.39. The largest absolute Gasteiger partial charge is 0.458 e. The number of rotatable bonds is 7. The molecule has 226 valence electrons. The van der Waals surface area contributed by atoms with Gasteiger partial charge in [-0.25, -0.2) is 14.6 Å². The highest BCUT2D eigenvalue weighted by atomic mass is 35.5. The number of esters is 1. The highest BCUT2D eigenvalue weighted by Crippen LogP contribution is 2.48. The molecular formula is C30H40ClN5O5Si. The maximum atomic E-state index is 13.3. The number of amides is 1. The molecule has 0 aliphatic heterocycles. The molecule has 42 heavy (non-hydrogen) atoms. The van der Waals surface area contributed by atoms with Crippen LogP contribution in [-0.2, 0) is 13.9 Å². The molecule has 0 spiro atoms. The van der Waals surface area contributed by atoms with Crippen molar-refractivity contribution < 1.29 is 23.5 Å². The van der Waals surface area contributed by atoms with Gasteiger partial charge in [-0.3, -0.25) is 5.32 Å². The van der Waals surface area contributed by atoms with Gasteiger partial charge in [-0.15, -0.1) is 0 Å². The number of nitrogens with one attached hydrogen (secondary N) is 1. The van der Waals surface area contributed by atoms with Crippen LogP contribution in [0.3, 0.4) is 0 Å². The van der Waals surface area contributed by atoms with E-state index >= 15 is 0 Å². The summed E-state index contributed by atoms with van der Waals surface area (Å²) in [6.45, 7) is 20.4. The zero-order valence-electron chi connectivity index (χ0n) is 25.5. The average molecular weight is 614 g/mol. The van der Waals surface area contributed by atoms with Crippen LogP contribution >= 0.6 is 11.6 Å². The van der Waals surface area contributed by atoms with E-state index in [2.05, 4.69) is 60.7 Å². The zero-order valence-corrected chi connectivity index (χ0v) is 27.4. The highest BCUT2D eigenvalue weighted by molar-refractivity contribution is 6.48. The molecule has 0 radical (unpaired) electrons. The Morgan fingerprint density at radius 2 is 1.79 bits per heavy atom. The van der Waals surface area contributed by atoms with Crippen LogP contribution < -0.4 is 5.32 Å². The van der Waals surface area contributed by atoms with Gasteiger partial charge in [0.05, 0.1) is 24.0 Å². The van der Waals surface area contributed by atoms with Crippen molar-refractivity contribution in [1.82, 2.24) is 19.5 Å². The molecule has 12 heteroatoms. The maximum Gasteiger partial charge on any atom is 0.414 e. The van der Waals surface area contributed by atoms with Gasteiger partial charge in [-0.2, -0.15) is 9.97 Å². The second kappa shape index (κ2) is 12.1. The number of benzene rings is 1. The van der Waals surface area contributed by atoms with Crippen LogP contribution in [0.5, 0.6) is 0 Å². The minimum Gasteiger partial charge on any atom is -0.458 e. The number of carbonyl (C=O) groups excluding carboxylic acids is 2. The summed E-state index contributed by atoms with van der Waals surface area (Å²) in [5.41, 5.74) is 1.14. The minimum absolute atomic E-state index is 0.0163. The van der Waals surface area contributed by atoms with Crippen LogP contribution in [0.1, 0.15) is 64.4 Å². The fourth-order valence-electron chi connectivity index (χ4n) is 5.24. The van der Waals surface area contributed by atoms with Crippen molar-refractivity contribution in [1.29, 1.82) is 0 Å². The van der Waals surface area contributed by atoms with Crippen LogP contribution in [0.4, 0.5) is 10.7 Å². The SMILES string of the molecule is C=C1[C@@H](C(O[SiH](C)C)C(C)(C)C)[C@@H](OC(=O)c2ccccc2)C[C@@H]1n1cnc2c(Cl)nc(NC(=O)OC(C)(C)C)nc21. The number of aromatic nitrogens is 4. The Bertz CT molecular complexity index is 1460. The molecule has 0 saturated heterocycles. The second-order valence-electron chi connectivity index (χ2n) is 12.9. The van der Waals surface area contributed by atoms with E-state index < -0.39 is 32.8 Å². The molecule has 1 aliphatic rings. The van der Waals surface area contributed by atoms with Crippen molar-refractivity contribution in [3.05, 3.63) is 59.5 Å². The topological polar surface area (TPSA) is 117 Å². The van der Waals surface area contributed by atoms with Gasteiger partial charge >= 0.3 is 12.1 Å². The Kier molecular flexibility index (Phi) is 9.15. The minimum atomic E-state index is -1.49. The highest BCUT2D eigenvalue weighted by Gasteiger charge is 2.49. The number of imidazole rings is 1. The molecule has 2 heterocycles. The van der Waals surface area contributed by atoms with Gasteiger partial charge in [0, 0.05) is 12.3 Å². The van der Waals surface area contributed by atoms with E-state index in [0.717, 1.165) is 5.57 Å². The molecule has 0 bridgehead atoms. The predicted molar refractivity (Wildman–Crippen MR) is 165 cm³/mol. The Hall–Kier alpha value is -3.28. The van der Waals surface area contributed by atoms with Crippen LogP contribution in [-0.4, -0.2) is 58.4 Å². The fourth-order valence-corrected chi connectivity index (χ4v) is 6.62. The van der Waals surface area contributed by atoms with Gasteiger partial charge in [0.2, 0.25) is 5.95 Å². The van der Waals surface area contributed by atoms with Gasteiger partial charge in [-0.1, -0.05) is 57.2 Å². The summed E-state index contributed by atoms with van der Waals surface area (Å²) < 4.78 is 20.0. The lowest BCUT2D eigenvalue weighted by Crippen LogP contribution is -2.44. The molecule has 1 N–H and O–H groups in total. The van der Waals surface area contributed by atoms with Crippen molar-refractivity contribution >= 4 is 49.8 Å². The molecule has 1 aromatic carbocycles. The lowest BCUT2D eigenvalue weighted by molar-refractivity contribution is -0.0225. The predicted octanol–water partition coefficient (Wildman–Crippen LogP) is 6.58. The summed E-state index contributed by atoms with van der Waals surface area (Å²) in [5.74, 6) is -0.706. The third kappa shape index (κ3) is 7.19. The monoisotopic (exact) mass is 613 g/mol. The molecule has 1 aliphatic carbocycles. The van der Waals surface area contributed by atoms with E-state index in [9.17, 15) is 9.59 Å². The van der Waals surface area contributed by atoms with E-state index in [1.807, 2.05) is 10.6 Å². The number of halogens is 1. The molecule has 3 aromatic rings. The Morgan fingerprint density at radius 3 is 2.38 bits per heavy atom. The number of nitrogens with zero attached hydrogens (tertiary/aromatic N) is 4. The van der Waals surface area contributed by atoms with Crippen LogP contribution in [0.15, 0.2) is 48.8 Å². The normalized spacial score (nSPS) is 20.1. The zero-order chi connectivity index (χ0) is 31.0. The first-order valence-electron chi connectivity index (χ1n) is 14.1. The summed E-state index contributed by atoms with van der Waals surface area (Å²) in [6, 6.07) is 8.60. The third-order valence-electron chi connectivity index (χ3n) is 6.91. The molecule has 1 amide bonds. The lowest BCUT2D eigenvalue weighted by atomic mass is 9.78.